The maximum Gasteiger partial charge on any atom is 0.160 e. The topological polar surface area (TPSA) is 18.5 Å². The predicted octanol–water partition coefficient (Wildman–Crippen LogP) is 2.45. The van der Waals surface area contributed by atoms with Gasteiger partial charge in [-0.25, -0.2) is 0 Å². The van der Waals surface area contributed by atoms with Gasteiger partial charge in [0, 0.05) is 13.0 Å². The van der Waals surface area contributed by atoms with Gasteiger partial charge in [0.2, 0.25) is 0 Å². The summed E-state index contributed by atoms with van der Waals surface area (Å²) in [4.78, 5) is 0. The van der Waals surface area contributed by atoms with Crippen molar-refractivity contribution in [1.29, 1.82) is 0 Å². The van der Waals surface area contributed by atoms with Crippen molar-refractivity contribution in [2.24, 2.45) is 17.8 Å². The van der Waals surface area contributed by atoms with E-state index in [0.29, 0.717) is 17.8 Å². The molecule has 13 heavy (non-hydrogen) atoms. The maximum absolute atomic E-state index is 5.74. The first-order chi connectivity index (χ1) is 6.11. The lowest BCUT2D eigenvalue weighted by atomic mass is 9.79. The Kier molecular flexibility index (Phi) is 3.51. The van der Waals surface area contributed by atoms with Crippen molar-refractivity contribution >= 4 is 0 Å². The van der Waals surface area contributed by atoms with Crippen LogP contribution >= 0.6 is 0 Å². The highest BCUT2D eigenvalue weighted by atomic mass is 16.7. The lowest BCUT2D eigenvalue weighted by Gasteiger charge is -2.41. The van der Waals surface area contributed by atoms with Crippen molar-refractivity contribution in [2.45, 2.75) is 33.2 Å². The second kappa shape index (κ2) is 4.25. The van der Waals surface area contributed by atoms with Crippen LogP contribution in [0.25, 0.3) is 0 Å². The molecule has 1 aliphatic heterocycles. The number of hydrogen-bond acceptors (Lipinski definition) is 2. The molecule has 0 bridgehead atoms. The first-order valence-electron chi connectivity index (χ1n) is 4.92. The minimum absolute atomic E-state index is 0.0748. The van der Waals surface area contributed by atoms with E-state index in [0.717, 1.165) is 0 Å². The number of rotatable bonds is 2. The van der Waals surface area contributed by atoms with Gasteiger partial charge < -0.3 is 9.47 Å². The number of methoxy groups -OCH3 is 1. The van der Waals surface area contributed by atoms with Gasteiger partial charge >= 0.3 is 0 Å². The second-order valence-electron chi connectivity index (χ2n) is 4.02. The van der Waals surface area contributed by atoms with Gasteiger partial charge in [0.05, 0.1) is 6.10 Å². The molecule has 0 aromatic rings. The van der Waals surface area contributed by atoms with Gasteiger partial charge in [0.1, 0.15) is 0 Å². The maximum atomic E-state index is 5.74. The summed E-state index contributed by atoms with van der Waals surface area (Å²) in [6.07, 6.45) is 1.93. The van der Waals surface area contributed by atoms with Crippen LogP contribution in [0.3, 0.4) is 0 Å². The van der Waals surface area contributed by atoms with Gasteiger partial charge in [-0.2, -0.15) is 0 Å². The van der Waals surface area contributed by atoms with E-state index in [1.807, 2.05) is 6.08 Å². The molecule has 0 amide bonds. The summed E-state index contributed by atoms with van der Waals surface area (Å²) in [6, 6.07) is 0. The average Bonchev–Trinajstić information content (AvgIpc) is 2.15. The summed E-state index contributed by atoms with van der Waals surface area (Å²) >= 11 is 0. The number of hydrogen-bond donors (Lipinski definition) is 0. The number of ether oxygens (including phenoxy) is 2. The third-order valence-corrected chi connectivity index (χ3v) is 3.36. The van der Waals surface area contributed by atoms with Crippen LogP contribution in [0.1, 0.15) is 20.8 Å². The highest BCUT2D eigenvalue weighted by Crippen LogP contribution is 2.35. The minimum Gasteiger partial charge on any atom is -0.356 e. The Hall–Kier alpha value is -0.340. The van der Waals surface area contributed by atoms with Gasteiger partial charge in [-0.15, -0.1) is 6.58 Å². The molecule has 0 saturated carbocycles. The minimum atomic E-state index is -0.0748. The molecule has 0 spiro atoms. The molecule has 0 N–H and O–H groups in total. The Labute approximate surface area is 80.9 Å². The zero-order valence-corrected chi connectivity index (χ0v) is 8.99. The lowest BCUT2D eigenvalue weighted by Crippen LogP contribution is -2.44. The molecule has 0 aromatic carbocycles. The Balaban J connectivity index is 2.71. The molecule has 2 unspecified atom stereocenters. The fraction of sp³-hybridized carbons (Fsp3) is 0.818. The zero-order valence-electron chi connectivity index (χ0n) is 8.99. The summed E-state index contributed by atoms with van der Waals surface area (Å²) in [7, 11) is 1.70. The third kappa shape index (κ3) is 1.94. The highest BCUT2D eigenvalue weighted by molar-refractivity contribution is 4.92. The molecule has 5 atom stereocenters. The van der Waals surface area contributed by atoms with E-state index in [2.05, 4.69) is 27.4 Å². The van der Waals surface area contributed by atoms with Crippen LogP contribution < -0.4 is 0 Å². The summed E-state index contributed by atoms with van der Waals surface area (Å²) in [5.74, 6) is 1.59. The van der Waals surface area contributed by atoms with Crippen molar-refractivity contribution in [3.63, 3.8) is 0 Å². The molecule has 0 radical (unpaired) electrons. The van der Waals surface area contributed by atoms with E-state index >= 15 is 0 Å². The summed E-state index contributed by atoms with van der Waals surface area (Å²) < 4.78 is 11.0. The van der Waals surface area contributed by atoms with Crippen LogP contribution in [0.4, 0.5) is 0 Å². The normalized spacial score (nSPS) is 46.0. The fourth-order valence-electron chi connectivity index (χ4n) is 1.97. The van der Waals surface area contributed by atoms with Crippen LogP contribution in [0, 0.1) is 17.8 Å². The molecular formula is C11H20O2. The second-order valence-corrected chi connectivity index (χ2v) is 4.02. The van der Waals surface area contributed by atoms with Crippen molar-refractivity contribution in [3.05, 3.63) is 12.7 Å². The van der Waals surface area contributed by atoms with Gasteiger partial charge in [-0.05, 0) is 11.8 Å². The Morgan fingerprint density at radius 2 is 1.77 bits per heavy atom. The van der Waals surface area contributed by atoms with Crippen molar-refractivity contribution in [2.75, 3.05) is 7.11 Å². The van der Waals surface area contributed by atoms with E-state index < -0.39 is 0 Å². The largest absolute Gasteiger partial charge is 0.356 e. The van der Waals surface area contributed by atoms with Crippen LogP contribution in [0.2, 0.25) is 0 Å². The third-order valence-electron chi connectivity index (χ3n) is 3.36. The molecule has 1 saturated heterocycles. The highest BCUT2D eigenvalue weighted by Gasteiger charge is 2.37. The van der Waals surface area contributed by atoms with E-state index in [9.17, 15) is 0 Å². The molecule has 2 heteroatoms. The van der Waals surface area contributed by atoms with Crippen LogP contribution in [-0.2, 0) is 9.47 Å². The first kappa shape index (κ1) is 10.7. The molecule has 2 nitrogen and oxygen atoms in total. The van der Waals surface area contributed by atoms with Gasteiger partial charge in [-0.3, -0.25) is 0 Å². The zero-order chi connectivity index (χ0) is 10.0. The average molecular weight is 184 g/mol. The predicted molar refractivity (Wildman–Crippen MR) is 53.4 cm³/mol. The molecule has 1 heterocycles. The van der Waals surface area contributed by atoms with E-state index in [4.69, 9.17) is 9.47 Å². The summed E-state index contributed by atoms with van der Waals surface area (Å²) in [5.41, 5.74) is 0. The SMILES string of the molecule is C=CC1O[C@@H](OC)C(C)[C@@H](C)[C@H]1C. The van der Waals surface area contributed by atoms with Gasteiger partial charge in [-0.1, -0.05) is 26.8 Å². The van der Waals surface area contributed by atoms with Crippen molar-refractivity contribution in [1.82, 2.24) is 0 Å². The molecule has 1 fully saturated rings. The van der Waals surface area contributed by atoms with E-state index in [-0.39, 0.29) is 12.4 Å². The van der Waals surface area contributed by atoms with Crippen LogP contribution in [0.5, 0.6) is 0 Å². The van der Waals surface area contributed by atoms with Crippen LogP contribution in [-0.4, -0.2) is 19.5 Å². The molecule has 1 aliphatic rings. The standard InChI is InChI=1S/C11H20O2/c1-6-10-8(3)7(2)9(4)11(12-5)13-10/h6-11H,1H2,2-5H3/t7-,8+,9?,10?,11+/m0/s1. The van der Waals surface area contributed by atoms with E-state index in [1.165, 1.54) is 0 Å². The smallest absolute Gasteiger partial charge is 0.160 e. The Morgan fingerprint density at radius 3 is 2.23 bits per heavy atom. The summed E-state index contributed by atoms with van der Waals surface area (Å²) in [5, 5.41) is 0. The molecular weight excluding hydrogens is 164 g/mol. The Bertz CT molecular complexity index is 177. The van der Waals surface area contributed by atoms with E-state index in [1.54, 1.807) is 7.11 Å². The summed E-state index contributed by atoms with van der Waals surface area (Å²) in [6.45, 7) is 10.4. The Morgan fingerprint density at radius 1 is 1.15 bits per heavy atom. The fourth-order valence-corrected chi connectivity index (χ4v) is 1.97. The quantitative estimate of drug-likeness (QED) is 0.614. The molecule has 0 aromatic heterocycles. The molecule has 0 aliphatic carbocycles. The van der Waals surface area contributed by atoms with Crippen molar-refractivity contribution in [3.8, 4) is 0 Å². The van der Waals surface area contributed by atoms with Gasteiger partial charge in [0.15, 0.2) is 6.29 Å². The first-order valence-corrected chi connectivity index (χ1v) is 4.92. The van der Waals surface area contributed by atoms with Gasteiger partial charge in [0.25, 0.3) is 0 Å². The van der Waals surface area contributed by atoms with Crippen molar-refractivity contribution < 1.29 is 9.47 Å². The monoisotopic (exact) mass is 184 g/mol. The molecule has 1 rings (SSSR count). The molecule has 76 valence electrons. The van der Waals surface area contributed by atoms with Crippen LogP contribution in [0.15, 0.2) is 12.7 Å². The lowest BCUT2D eigenvalue weighted by molar-refractivity contribution is -0.224.